The number of rotatable bonds is 12. The average molecular weight is 577 g/mol. The second kappa shape index (κ2) is 12.9. The highest BCUT2D eigenvalue weighted by molar-refractivity contribution is 5.68. The quantitative estimate of drug-likeness (QED) is 0.279. The van der Waals surface area contributed by atoms with Crippen LogP contribution in [0.5, 0.6) is 11.5 Å². The molecular weight excluding hydrogens is 533 g/mol. The second-order valence-electron chi connectivity index (χ2n) is 12.7. The van der Waals surface area contributed by atoms with Gasteiger partial charge in [-0.3, -0.25) is 4.79 Å². The van der Waals surface area contributed by atoms with Gasteiger partial charge in [-0.15, -0.1) is 0 Å². The van der Waals surface area contributed by atoms with Gasteiger partial charge in [0.1, 0.15) is 17.5 Å². The maximum absolute atomic E-state index is 14.3. The standard InChI is InChI=1S/C32H43F3N2O4/c1-31(2,3)20-36-30(32(33,34)35)26-11-10-24(40-4)17-28(26)37-14-12-21(13-15-37)19-41-25-7-5-6-23(16-25)27(18-29(38)39)22-8-9-22/h5-7,10-11,16-17,21-22,27,30,36H,8-9,12-15,18-20H2,1-4H3,(H,38,39). The van der Waals surface area contributed by atoms with E-state index >= 15 is 0 Å². The number of halogens is 3. The maximum Gasteiger partial charge on any atom is 0.407 e. The average Bonchev–Trinajstić information content (AvgIpc) is 3.75. The zero-order valence-corrected chi connectivity index (χ0v) is 24.5. The van der Waals surface area contributed by atoms with Gasteiger partial charge in [-0.25, -0.2) is 0 Å². The Kier molecular flexibility index (Phi) is 9.77. The number of carboxylic acids is 1. The Morgan fingerprint density at radius 1 is 1.05 bits per heavy atom. The van der Waals surface area contributed by atoms with Crippen LogP contribution in [0.3, 0.4) is 0 Å². The van der Waals surface area contributed by atoms with Gasteiger partial charge in [-0.2, -0.15) is 13.2 Å². The number of carbonyl (C=O) groups is 1. The molecule has 4 rings (SSSR count). The largest absolute Gasteiger partial charge is 0.497 e. The Bertz CT molecular complexity index is 1170. The van der Waals surface area contributed by atoms with Gasteiger partial charge in [-0.05, 0) is 72.6 Å². The fraction of sp³-hybridized carbons (Fsp3) is 0.594. The van der Waals surface area contributed by atoms with Crippen molar-refractivity contribution in [2.24, 2.45) is 17.3 Å². The fourth-order valence-corrected chi connectivity index (χ4v) is 5.61. The Hall–Kier alpha value is -2.94. The van der Waals surface area contributed by atoms with Crippen molar-refractivity contribution < 1.29 is 32.5 Å². The van der Waals surface area contributed by atoms with Crippen LogP contribution in [0.1, 0.15) is 76.0 Å². The van der Waals surface area contributed by atoms with E-state index in [4.69, 9.17) is 9.47 Å². The van der Waals surface area contributed by atoms with E-state index in [0.29, 0.717) is 37.1 Å². The minimum absolute atomic E-state index is 0.00904. The second-order valence-corrected chi connectivity index (χ2v) is 12.7. The predicted molar refractivity (Wildman–Crippen MR) is 154 cm³/mol. The van der Waals surface area contributed by atoms with Gasteiger partial charge in [0.05, 0.1) is 20.1 Å². The number of aliphatic carboxylic acids is 1. The van der Waals surface area contributed by atoms with Crippen LogP contribution >= 0.6 is 0 Å². The van der Waals surface area contributed by atoms with Crippen LogP contribution in [0.2, 0.25) is 0 Å². The SMILES string of the molecule is COc1ccc(C(NCC(C)(C)C)C(F)(F)F)c(N2CCC(COc3cccc(C(CC(=O)O)C4CC4)c3)CC2)c1. The molecule has 0 spiro atoms. The summed E-state index contributed by atoms with van der Waals surface area (Å²) in [6.07, 6.45) is -0.629. The summed E-state index contributed by atoms with van der Waals surface area (Å²) >= 11 is 0. The first kappa shape index (κ1) is 31.0. The molecule has 6 nitrogen and oxygen atoms in total. The lowest BCUT2D eigenvalue weighted by Gasteiger charge is -2.37. The zero-order valence-electron chi connectivity index (χ0n) is 24.5. The maximum atomic E-state index is 14.3. The van der Waals surface area contributed by atoms with E-state index < -0.39 is 18.2 Å². The number of benzene rings is 2. The summed E-state index contributed by atoms with van der Waals surface area (Å²) in [5, 5.41) is 12.1. The summed E-state index contributed by atoms with van der Waals surface area (Å²) in [5.74, 6) is 1.17. The van der Waals surface area contributed by atoms with Crippen molar-refractivity contribution in [2.45, 2.75) is 71.0 Å². The van der Waals surface area contributed by atoms with Crippen molar-refractivity contribution in [1.29, 1.82) is 0 Å². The van der Waals surface area contributed by atoms with Gasteiger partial charge in [0.15, 0.2) is 0 Å². The topological polar surface area (TPSA) is 71.0 Å². The molecule has 1 aliphatic heterocycles. The first-order chi connectivity index (χ1) is 19.3. The Morgan fingerprint density at radius 2 is 1.76 bits per heavy atom. The molecule has 0 bridgehead atoms. The molecule has 2 aromatic carbocycles. The first-order valence-electron chi connectivity index (χ1n) is 14.5. The van der Waals surface area contributed by atoms with E-state index in [-0.39, 0.29) is 35.8 Å². The van der Waals surface area contributed by atoms with E-state index in [1.165, 1.54) is 13.2 Å². The summed E-state index contributed by atoms with van der Waals surface area (Å²) in [4.78, 5) is 13.4. The van der Waals surface area contributed by atoms with Crippen LogP contribution in [-0.4, -0.2) is 50.6 Å². The highest BCUT2D eigenvalue weighted by Crippen LogP contribution is 2.45. The van der Waals surface area contributed by atoms with Crippen molar-refractivity contribution in [3.63, 3.8) is 0 Å². The highest BCUT2D eigenvalue weighted by Gasteiger charge is 2.43. The Balaban J connectivity index is 1.41. The molecule has 226 valence electrons. The molecule has 2 fully saturated rings. The zero-order chi connectivity index (χ0) is 29.8. The summed E-state index contributed by atoms with van der Waals surface area (Å²) in [6, 6.07) is 10.8. The van der Waals surface area contributed by atoms with Crippen LogP contribution in [0.15, 0.2) is 42.5 Å². The summed E-state index contributed by atoms with van der Waals surface area (Å²) in [7, 11) is 1.52. The number of carboxylic acid groups (broad SMARTS) is 1. The lowest BCUT2D eigenvalue weighted by molar-refractivity contribution is -0.158. The molecule has 0 aromatic heterocycles. The Labute approximate surface area is 241 Å². The number of piperidine rings is 1. The van der Waals surface area contributed by atoms with Crippen molar-refractivity contribution in [2.75, 3.05) is 38.3 Å². The van der Waals surface area contributed by atoms with E-state index in [0.717, 1.165) is 37.0 Å². The number of alkyl halides is 3. The molecule has 2 unspecified atom stereocenters. The molecule has 1 aliphatic carbocycles. The number of nitrogens with one attached hydrogen (secondary N) is 1. The molecule has 2 N–H and O–H groups in total. The molecule has 0 amide bonds. The fourth-order valence-electron chi connectivity index (χ4n) is 5.61. The molecule has 0 radical (unpaired) electrons. The highest BCUT2D eigenvalue weighted by atomic mass is 19.4. The van der Waals surface area contributed by atoms with E-state index in [9.17, 15) is 23.1 Å². The summed E-state index contributed by atoms with van der Waals surface area (Å²) in [6.45, 7) is 7.68. The van der Waals surface area contributed by atoms with Crippen molar-refractivity contribution in [1.82, 2.24) is 5.32 Å². The van der Waals surface area contributed by atoms with Crippen molar-refractivity contribution in [3.05, 3.63) is 53.6 Å². The molecule has 2 aliphatic rings. The van der Waals surface area contributed by atoms with Crippen LogP contribution in [-0.2, 0) is 4.79 Å². The lowest BCUT2D eigenvalue weighted by atomic mass is 9.91. The number of hydrogen-bond donors (Lipinski definition) is 2. The minimum Gasteiger partial charge on any atom is -0.497 e. The van der Waals surface area contributed by atoms with Crippen LogP contribution < -0.4 is 19.7 Å². The Morgan fingerprint density at radius 3 is 2.34 bits per heavy atom. The number of hydrogen-bond acceptors (Lipinski definition) is 5. The smallest absolute Gasteiger partial charge is 0.407 e. The van der Waals surface area contributed by atoms with Gasteiger partial charge in [0.2, 0.25) is 0 Å². The molecule has 1 heterocycles. The third-order valence-corrected chi connectivity index (χ3v) is 8.03. The molecule has 2 atom stereocenters. The van der Waals surface area contributed by atoms with E-state index in [1.807, 2.05) is 49.9 Å². The molecule has 9 heteroatoms. The van der Waals surface area contributed by atoms with Crippen LogP contribution in [0, 0.1) is 17.3 Å². The summed E-state index contributed by atoms with van der Waals surface area (Å²) < 4.78 is 54.3. The summed E-state index contributed by atoms with van der Waals surface area (Å²) in [5.41, 5.74) is 1.46. The molecule has 1 saturated heterocycles. The van der Waals surface area contributed by atoms with Crippen molar-refractivity contribution in [3.8, 4) is 11.5 Å². The molecule has 1 saturated carbocycles. The van der Waals surface area contributed by atoms with E-state index in [1.54, 1.807) is 12.1 Å². The monoisotopic (exact) mass is 576 g/mol. The number of nitrogens with zero attached hydrogens (tertiary/aromatic N) is 1. The predicted octanol–water partition coefficient (Wildman–Crippen LogP) is 7.20. The minimum atomic E-state index is -4.45. The number of anilines is 1. The van der Waals surface area contributed by atoms with Gasteiger partial charge in [-0.1, -0.05) is 39.0 Å². The number of methoxy groups -OCH3 is 1. The molecule has 41 heavy (non-hydrogen) atoms. The molecule has 2 aromatic rings. The van der Waals surface area contributed by atoms with Crippen molar-refractivity contribution >= 4 is 11.7 Å². The van der Waals surface area contributed by atoms with Crippen LogP contribution in [0.4, 0.5) is 18.9 Å². The van der Waals surface area contributed by atoms with Gasteiger partial charge >= 0.3 is 12.1 Å². The van der Waals surface area contributed by atoms with Gasteiger partial charge in [0.25, 0.3) is 0 Å². The van der Waals surface area contributed by atoms with Crippen LogP contribution in [0.25, 0.3) is 0 Å². The van der Waals surface area contributed by atoms with E-state index in [2.05, 4.69) is 5.32 Å². The third-order valence-electron chi connectivity index (χ3n) is 8.03. The van der Waals surface area contributed by atoms with Gasteiger partial charge in [0, 0.05) is 37.0 Å². The third kappa shape index (κ3) is 8.77. The lowest BCUT2D eigenvalue weighted by Crippen LogP contribution is -2.41. The van der Waals surface area contributed by atoms with Gasteiger partial charge < -0.3 is 24.8 Å². The molecular formula is C32H43F3N2O4. The normalized spacial score (nSPS) is 18.2. The number of ether oxygens (including phenoxy) is 2. The first-order valence-corrected chi connectivity index (χ1v) is 14.5.